The number of para-hydroxylation sites is 1. The van der Waals surface area contributed by atoms with Crippen LogP contribution in [-0.2, 0) is 0 Å². The predicted octanol–water partition coefficient (Wildman–Crippen LogP) is 4.16. The number of rotatable bonds is 1. The van der Waals surface area contributed by atoms with E-state index in [2.05, 4.69) is 41.3 Å². The van der Waals surface area contributed by atoms with Crippen molar-refractivity contribution in [2.75, 3.05) is 18.0 Å². The van der Waals surface area contributed by atoms with Gasteiger partial charge in [0, 0.05) is 18.8 Å². The van der Waals surface area contributed by atoms with Crippen molar-refractivity contribution in [1.82, 2.24) is 0 Å². The molecule has 0 amide bonds. The monoisotopic (exact) mass is 238 g/mol. The van der Waals surface area contributed by atoms with Crippen molar-refractivity contribution < 1.29 is 0 Å². The van der Waals surface area contributed by atoms with E-state index in [9.17, 15) is 0 Å². The third kappa shape index (κ3) is 4.25. The average molecular weight is 238 g/mol. The maximum Gasteiger partial charge on any atom is 0.0366 e. The quantitative estimate of drug-likeness (QED) is 0.721. The number of hydrogen-bond donors (Lipinski definition) is 0. The summed E-state index contributed by atoms with van der Waals surface area (Å²) in [6.45, 7) is 2.48. The van der Waals surface area contributed by atoms with Gasteiger partial charge in [-0.3, -0.25) is 0 Å². The normalized spacial score (nSPS) is 14.6. The van der Waals surface area contributed by atoms with E-state index in [1.54, 1.807) is 0 Å². The summed E-state index contributed by atoms with van der Waals surface area (Å²) in [6, 6.07) is 23.2. The third-order valence-corrected chi connectivity index (χ3v) is 3.08. The lowest BCUT2D eigenvalue weighted by molar-refractivity contribution is 0.578. The molecule has 0 bridgehead atoms. The van der Waals surface area contributed by atoms with Crippen LogP contribution in [0.4, 0.5) is 5.69 Å². The van der Waals surface area contributed by atoms with E-state index in [1.165, 1.54) is 38.0 Å². The molecule has 18 heavy (non-hydrogen) atoms. The molecule has 0 aliphatic carbocycles. The van der Waals surface area contributed by atoms with Crippen LogP contribution in [0.3, 0.4) is 0 Å². The van der Waals surface area contributed by atoms with Crippen LogP contribution in [0, 0.1) is 6.07 Å². The second kappa shape index (κ2) is 7.54. The van der Waals surface area contributed by atoms with Crippen molar-refractivity contribution in [3.8, 4) is 0 Å². The number of hydrogen-bond acceptors (Lipinski definition) is 1. The molecule has 3 rings (SSSR count). The first-order valence-corrected chi connectivity index (χ1v) is 6.68. The molecule has 1 heteroatoms. The molecular weight excluding hydrogens is 218 g/mol. The Morgan fingerprint density at radius 3 is 1.83 bits per heavy atom. The molecule has 2 aromatic rings. The van der Waals surface area contributed by atoms with Gasteiger partial charge < -0.3 is 4.90 Å². The predicted molar refractivity (Wildman–Crippen MR) is 77.8 cm³/mol. The Balaban J connectivity index is 0.000000169. The lowest BCUT2D eigenvalue weighted by Gasteiger charge is -2.28. The first-order chi connectivity index (χ1) is 8.97. The van der Waals surface area contributed by atoms with E-state index in [-0.39, 0.29) is 0 Å². The second-order valence-electron chi connectivity index (χ2n) is 4.46. The van der Waals surface area contributed by atoms with Gasteiger partial charge in [-0.1, -0.05) is 48.5 Å². The Bertz CT molecular complexity index is 377. The maximum atomic E-state index is 2.89. The summed E-state index contributed by atoms with van der Waals surface area (Å²) in [5.41, 5.74) is 1.39. The van der Waals surface area contributed by atoms with Gasteiger partial charge in [-0.2, -0.15) is 0 Å². The van der Waals surface area contributed by atoms with Crippen molar-refractivity contribution >= 4 is 5.69 Å². The fraction of sp³-hybridized carbons (Fsp3) is 0.294. The summed E-state index contributed by atoms with van der Waals surface area (Å²) in [4.78, 5) is 2.48. The van der Waals surface area contributed by atoms with E-state index in [4.69, 9.17) is 0 Å². The maximum absolute atomic E-state index is 2.89. The molecule has 0 N–H and O–H groups in total. The molecule has 1 nitrogen and oxygen atoms in total. The summed E-state index contributed by atoms with van der Waals surface area (Å²) < 4.78 is 0. The highest BCUT2D eigenvalue weighted by molar-refractivity contribution is 5.46. The third-order valence-electron chi connectivity index (χ3n) is 3.08. The minimum absolute atomic E-state index is 1.24. The van der Waals surface area contributed by atoms with Crippen LogP contribution >= 0.6 is 0 Å². The number of nitrogens with zero attached hydrogens (tertiary/aromatic N) is 1. The Labute approximate surface area is 110 Å². The minimum Gasteiger partial charge on any atom is -0.372 e. The Kier molecular flexibility index (Phi) is 5.32. The van der Waals surface area contributed by atoms with Crippen molar-refractivity contribution in [1.29, 1.82) is 0 Å². The molecule has 1 saturated heterocycles. The Hall–Kier alpha value is -1.76. The average Bonchev–Trinajstić information content (AvgIpc) is 2.51. The topological polar surface area (TPSA) is 3.24 Å². The summed E-state index contributed by atoms with van der Waals surface area (Å²) in [6.07, 6.45) is 4.12. The first-order valence-electron chi connectivity index (χ1n) is 6.68. The highest BCUT2D eigenvalue weighted by atomic mass is 15.1. The lowest BCUT2D eigenvalue weighted by atomic mass is 10.1. The van der Waals surface area contributed by atoms with Gasteiger partial charge in [-0.25, -0.2) is 0 Å². The molecular formula is C17H20N. The van der Waals surface area contributed by atoms with Crippen molar-refractivity contribution in [2.45, 2.75) is 19.3 Å². The van der Waals surface area contributed by atoms with Gasteiger partial charge in [-0.15, -0.1) is 0 Å². The van der Waals surface area contributed by atoms with Crippen molar-refractivity contribution in [2.24, 2.45) is 0 Å². The number of piperidine rings is 1. The van der Waals surface area contributed by atoms with Crippen LogP contribution in [0.1, 0.15) is 19.3 Å². The van der Waals surface area contributed by atoms with Crippen LogP contribution in [0.25, 0.3) is 0 Å². The standard InChI is InChI=1S/C11H15N.C6H5/c1-3-7-11(8-4-1)12-9-5-2-6-10-12;1-2-4-6-5-3-1/h1,3-4,7-8H,2,5-6,9-10H2;1-5H. The molecule has 0 atom stereocenters. The molecule has 0 saturated carbocycles. The van der Waals surface area contributed by atoms with Gasteiger partial charge in [0.1, 0.15) is 0 Å². The fourth-order valence-electron chi connectivity index (χ4n) is 2.13. The Morgan fingerprint density at radius 1 is 0.722 bits per heavy atom. The van der Waals surface area contributed by atoms with E-state index < -0.39 is 0 Å². The summed E-state index contributed by atoms with van der Waals surface area (Å²) in [5.74, 6) is 0. The molecule has 1 heterocycles. The first kappa shape index (κ1) is 12.7. The highest BCUT2D eigenvalue weighted by Gasteiger charge is 2.09. The molecule has 93 valence electrons. The Morgan fingerprint density at radius 2 is 1.33 bits per heavy atom. The zero-order valence-electron chi connectivity index (χ0n) is 10.8. The molecule has 1 aliphatic heterocycles. The molecule has 1 radical (unpaired) electrons. The number of benzene rings is 2. The molecule has 1 aliphatic rings. The van der Waals surface area contributed by atoms with Crippen LogP contribution < -0.4 is 4.90 Å². The molecule has 1 fully saturated rings. The van der Waals surface area contributed by atoms with Gasteiger partial charge in [0.25, 0.3) is 0 Å². The van der Waals surface area contributed by atoms with Crippen molar-refractivity contribution in [3.05, 3.63) is 66.7 Å². The SMILES string of the molecule is [c]1ccccc1.c1ccc(N2CCCCC2)cc1. The lowest BCUT2D eigenvalue weighted by Crippen LogP contribution is -2.29. The smallest absolute Gasteiger partial charge is 0.0366 e. The minimum atomic E-state index is 1.24. The van der Waals surface area contributed by atoms with Crippen molar-refractivity contribution in [3.63, 3.8) is 0 Å². The highest BCUT2D eigenvalue weighted by Crippen LogP contribution is 2.18. The van der Waals surface area contributed by atoms with E-state index in [1.807, 2.05) is 30.3 Å². The van der Waals surface area contributed by atoms with Crippen LogP contribution in [0.5, 0.6) is 0 Å². The zero-order chi connectivity index (χ0) is 12.5. The van der Waals surface area contributed by atoms with E-state index in [0.29, 0.717) is 0 Å². The summed E-state index contributed by atoms with van der Waals surface area (Å²) in [7, 11) is 0. The van der Waals surface area contributed by atoms with E-state index >= 15 is 0 Å². The molecule has 0 unspecified atom stereocenters. The van der Waals surface area contributed by atoms with Gasteiger partial charge in [0.15, 0.2) is 0 Å². The van der Waals surface area contributed by atoms with E-state index in [0.717, 1.165) is 0 Å². The van der Waals surface area contributed by atoms with Crippen LogP contribution in [0.15, 0.2) is 60.7 Å². The second-order valence-corrected chi connectivity index (χ2v) is 4.46. The molecule has 0 spiro atoms. The van der Waals surface area contributed by atoms with Gasteiger partial charge in [0.05, 0.1) is 0 Å². The molecule has 0 aromatic heterocycles. The van der Waals surface area contributed by atoms with Crippen LogP contribution in [-0.4, -0.2) is 13.1 Å². The van der Waals surface area contributed by atoms with Gasteiger partial charge in [0.2, 0.25) is 0 Å². The molecule has 2 aromatic carbocycles. The largest absolute Gasteiger partial charge is 0.372 e. The summed E-state index contributed by atoms with van der Waals surface area (Å²) >= 11 is 0. The van der Waals surface area contributed by atoms with Crippen LogP contribution in [0.2, 0.25) is 0 Å². The zero-order valence-corrected chi connectivity index (χ0v) is 10.8. The number of anilines is 1. The van der Waals surface area contributed by atoms with Gasteiger partial charge >= 0.3 is 0 Å². The van der Waals surface area contributed by atoms with Gasteiger partial charge in [-0.05, 0) is 37.5 Å². The fourth-order valence-corrected chi connectivity index (χ4v) is 2.13. The summed E-state index contributed by atoms with van der Waals surface area (Å²) in [5, 5.41) is 0.